The van der Waals surface area contributed by atoms with Gasteiger partial charge in [-0.3, -0.25) is 9.48 Å². The number of fused-ring (bicyclic) bond motifs is 1. The predicted molar refractivity (Wildman–Crippen MR) is 99.0 cm³/mol. The monoisotopic (exact) mass is 402 g/mol. The number of nitrogens with zero attached hydrogens (tertiary/aromatic N) is 4. The second kappa shape index (κ2) is 8.12. The number of aryl methyl sites for hydroxylation is 1. The van der Waals surface area contributed by atoms with Crippen LogP contribution in [-0.2, 0) is 24.2 Å². The van der Waals surface area contributed by atoms with Crippen molar-refractivity contribution in [3.63, 3.8) is 0 Å². The van der Waals surface area contributed by atoms with Crippen LogP contribution in [0.1, 0.15) is 28.0 Å². The van der Waals surface area contributed by atoms with Crippen molar-refractivity contribution in [2.75, 3.05) is 20.3 Å². The molecule has 1 aliphatic rings. The molecule has 0 atom stereocenters. The lowest BCUT2D eigenvalue weighted by atomic mass is 10.0. The Kier molecular flexibility index (Phi) is 5.39. The van der Waals surface area contributed by atoms with Crippen molar-refractivity contribution in [2.45, 2.75) is 25.9 Å². The van der Waals surface area contributed by atoms with E-state index in [1.165, 1.54) is 17.6 Å². The maximum atomic E-state index is 14.1. The van der Waals surface area contributed by atoms with E-state index in [-0.39, 0.29) is 12.1 Å². The Bertz CT molecular complexity index is 1020. The molecule has 3 aromatic rings. The van der Waals surface area contributed by atoms with Crippen LogP contribution < -0.4 is 0 Å². The summed E-state index contributed by atoms with van der Waals surface area (Å²) in [5, 5.41) is 4.67. The first-order valence-corrected chi connectivity index (χ1v) is 9.29. The van der Waals surface area contributed by atoms with Crippen molar-refractivity contribution in [3.8, 4) is 11.4 Å². The van der Waals surface area contributed by atoms with Gasteiger partial charge in [0.05, 0.1) is 12.1 Å². The number of ether oxygens (including phenoxy) is 1. The topological polar surface area (TPSA) is 73.4 Å². The third-order valence-corrected chi connectivity index (χ3v) is 4.97. The van der Waals surface area contributed by atoms with Crippen LogP contribution in [0.4, 0.5) is 8.78 Å². The second-order valence-electron chi connectivity index (χ2n) is 6.82. The molecule has 0 saturated heterocycles. The minimum Gasteiger partial charge on any atom is -0.451 e. The molecule has 0 spiro atoms. The number of halogens is 2. The summed E-state index contributed by atoms with van der Waals surface area (Å²) < 4.78 is 39.7. The first-order chi connectivity index (χ1) is 14.1. The highest BCUT2D eigenvalue weighted by Crippen LogP contribution is 2.30. The Morgan fingerprint density at radius 1 is 1.34 bits per heavy atom. The van der Waals surface area contributed by atoms with Crippen LogP contribution in [0, 0.1) is 11.6 Å². The van der Waals surface area contributed by atoms with Gasteiger partial charge in [-0.1, -0.05) is 0 Å². The van der Waals surface area contributed by atoms with E-state index < -0.39 is 17.5 Å². The van der Waals surface area contributed by atoms with Crippen molar-refractivity contribution in [1.29, 1.82) is 0 Å². The van der Waals surface area contributed by atoms with Gasteiger partial charge >= 0.3 is 0 Å². The number of hydrogen-bond donors (Lipinski definition) is 0. The number of rotatable bonds is 6. The van der Waals surface area contributed by atoms with Gasteiger partial charge in [-0.2, -0.15) is 5.10 Å². The van der Waals surface area contributed by atoms with Crippen LogP contribution >= 0.6 is 0 Å². The van der Waals surface area contributed by atoms with Crippen LogP contribution in [0.5, 0.6) is 0 Å². The highest BCUT2D eigenvalue weighted by Gasteiger charge is 2.30. The van der Waals surface area contributed by atoms with Gasteiger partial charge in [0.2, 0.25) is 0 Å². The third-order valence-electron chi connectivity index (χ3n) is 4.97. The lowest BCUT2D eigenvalue weighted by molar-refractivity contribution is 0.0728. The van der Waals surface area contributed by atoms with Gasteiger partial charge in [-0.25, -0.2) is 13.8 Å². The average Bonchev–Trinajstić information content (AvgIpc) is 3.37. The van der Waals surface area contributed by atoms with E-state index in [0.717, 1.165) is 35.9 Å². The largest absolute Gasteiger partial charge is 0.451 e. The molecule has 0 N–H and O–H groups in total. The second-order valence-corrected chi connectivity index (χ2v) is 6.82. The van der Waals surface area contributed by atoms with Crippen molar-refractivity contribution >= 4 is 5.91 Å². The number of carbonyl (C=O) groups excluding carboxylic acids is 1. The summed E-state index contributed by atoms with van der Waals surface area (Å²) in [4.78, 5) is 18.5. The Labute approximate surface area is 165 Å². The zero-order valence-corrected chi connectivity index (χ0v) is 15.9. The van der Waals surface area contributed by atoms with Crippen molar-refractivity contribution < 1.29 is 22.7 Å². The zero-order valence-electron chi connectivity index (χ0n) is 15.9. The number of amides is 1. The zero-order chi connectivity index (χ0) is 20.4. The lowest BCUT2D eigenvalue weighted by Crippen LogP contribution is -2.37. The van der Waals surface area contributed by atoms with Gasteiger partial charge in [0.15, 0.2) is 6.39 Å². The van der Waals surface area contributed by atoms with Crippen molar-refractivity contribution in [3.05, 3.63) is 59.3 Å². The third kappa shape index (κ3) is 3.77. The summed E-state index contributed by atoms with van der Waals surface area (Å²) in [7, 11) is 1.65. The fourth-order valence-electron chi connectivity index (χ4n) is 3.57. The molecule has 0 saturated carbocycles. The normalized spacial score (nSPS) is 13.6. The molecule has 29 heavy (non-hydrogen) atoms. The van der Waals surface area contributed by atoms with Gasteiger partial charge in [-0.15, -0.1) is 0 Å². The highest BCUT2D eigenvalue weighted by atomic mass is 19.1. The van der Waals surface area contributed by atoms with Gasteiger partial charge in [0, 0.05) is 44.5 Å². The summed E-state index contributed by atoms with van der Waals surface area (Å²) in [6.45, 7) is 1.89. The summed E-state index contributed by atoms with van der Waals surface area (Å²) >= 11 is 0. The van der Waals surface area contributed by atoms with E-state index in [9.17, 15) is 13.6 Å². The van der Waals surface area contributed by atoms with Crippen LogP contribution in [0.15, 0.2) is 35.3 Å². The van der Waals surface area contributed by atoms with Crippen LogP contribution in [0.25, 0.3) is 11.4 Å². The fourth-order valence-corrected chi connectivity index (χ4v) is 3.57. The van der Waals surface area contributed by atoms with Gasteiger partial charge in [0.25, 0.3) is 5.91 Å². The summed E-state index contributed by atoms with van der Waals surface area (Å²) in [5.74, 6) is -1.94. The summed E-state index contributed by atoms with van der Waals surface area (Å²) in [6, 6.07) is 2.89. The van der Waals surface area contributed by atoms with Crippen LogP contribution in [0.2, 0.25) is 0 Å². The molecule has 0 unspecified atom stereocenters. The molecule has 1 aliphatic heterocycles. The van der Waals surface area contributed by atoms with E-state index in [2.05, 4.69) is 10.1 Å². The molecule has 7 nitrogen and oxygen atoms in total. The fraction of sp³-hybridized carbons (Fsp3) is 0.350. The Morgan fingerprint density at radius 3 is 2.97 bits per heavy atom. The van der Waals surface area contributed by atoms with Gasteiger partial charge < -0.3 is 14.1 Å². The number of aromatic nitrogens is 3. The number of carbonyl (C=O) groups is 1. The van der Waals surface area contributed by atoms with E-state index in [4.69, 9.17) is 9.15 Å². The van der Waals surface area contributed by atoms with Crippen LogP contribution in [-0.4, -0.2) is 45.8 Å². The minimum atomic E-state index is -0.741. The van der Waals surface area contributed by atoms with Crippen LogP contribution in [0.3, 0.4) is 0 Å². The molecule has 0 radical (unpaired) electrons. The van der Waals surface area contributed by atoms with E-state index in [1.807, 2.05) is 4.68 Å². The smallest absolute Gasteiger partial charge is 0.257 e. The maximum absolute atomic E-state index is 14.1. The SMILES string of the molecule is COCCCn1nc(-c2cocn2)c2c1CCN(C(=O)c1cc(F)ccc1F)C2. The molecule has 0 bridgehead atoms. The molecule has 0 fully saturated rings. The molecule has 2 aromatic heterocycles. The molecular weight excluding hydrogens is 382 g/mol. The van der Waals surface area contributed by atoms with Gasteiger partial charge in [0.1, 0.15) is 29.3 Å². The molecule has 3 heterocycles. The molecule has 1 amide bonds. The maximum Gasteiger partial charge on any atom is 0.257 e. The Balaban J connectivity index is 1.65. The molecular formula is C20H20F2N4O3. The van der Waals surface area contributed by atoms with E-state index >= 15 is 0 Å². The standard InChI is InChI=1S/C20H20F2N4O3/c1-28-8-2-6-26-18-5-7-25(20(27)14-9-13(21)3-4-16(14)22)10-15(18)19(24-26)17-11-29-12-23-17/h3-4,9,11-12H,2,5-8,10H2,1H3. The summed E-state index contributed by atoms with van der Waals surface area (Å²) in [6.07, 6.45) is 4.16. The highest BCUT2D eigenvalue weighted by molar-refractivity contribution is 5.94. The van der Waals surface area contributed by atoms with E-state index in [0.29, 0.717) is 37.5 Å². The number of benzene rings is 1. The van der Waals surface area contributed by atoms with Crippen molar-refractivity contribution in [2.24, 2.45) is 0 Å². The summed E-state index contributed by atoms with van der Waals surface area (Å²) in [5.41, 5.74) is 2.76. The van der Waals surface area contributed by atoms with Crippen molar-refractivity contribution in [1.82, 2.24) is 19.7 Å². The van der Waals surface area contributed by atoms with E-state index in [1.54, 1.807) is 7.11 Å². The quantitative estimate of drug-likeness (QED) is 0.593. The Hall–Kier alpha value is -3.07. The number of oxazole rings is 1. The minimum absolute atomic E-state index is 0.233. The first kappa shape index (κ1) is 19.3. The molecule has 152 valence electrons. The van der Waals surface area contributed by atoms with Gasteiger partial charge in [-0.05, 0) is 24.6 Å². The molecule has 1 aromatic carbocycles. The number of hydrogen-bond acceptors (Lipinski definition) is 5. The first-order valence-electron chi connectivity index (χ1n) is 9.29. The molecule has 4 rings (SSSR count). The molecule has 9 heteroatoms. The lowest BCUT2D eigenvalue weighted by Gasteiger charge is -2.28. The average molecular weight is 402 g/mol. The Morgan fingerprint density at radius 2 is 2.21 bits per heavy atom. The predicted octanol–water partition coefficient (Wildman–Crippen LogP) is 3.05. The number of methoxy groups -OCH3 is 1. The molecule has 0 aliphatic carbocycles.